The number of rotatable bonds is 4. The molecule has 7 heteroatoms. The van der Waals surface area contributed by atoms with Gasteiger partial charge in [-0.1, -0.05) is 0 Å². The topological polar surface area (TPSA) is 94.5 Å². The Hall–Kier alpha value is -1.86. The first-order valence-electron chi connectivity index (χ1n) is 5.28. The normalized spacial score (nSPS) is 12.6. The summed E-state index contributed by atoms with van der Waals surface area (Å²) < 4.78 is 1.71. The Labute approximate surface area is 99.1 Å². The summed E-state index contributed by atoms with van der Waals surface area (Å²) >= 11 is 0. The molecule has 2 aromatic rings. The van der Waals surface area contributed by atoms with Gasteiger partial charge in [0.05, 0.1) is 6.04 Å². The van der Waals surface area contributed by atoms with Gasteiger partial charge in [-0.2, -0.15) is 5.10 Å². The first-order valence-corrected chi connectivity index (χ1v) is 5.28. The molecule has 0 aliphatic carbocycles. The van der Waals surface area contributed by atoms with Crippen molar-refractivity contribution in [3.05, 3.63) is 35.9 Å². The zero-order valence-electron chi connectivity index (χ0n) is 9.83. The van der Waals surface area contributed by atoms with Crippen LogP contribution in [0.25, 0.3) is 0 Å². The lowest BCUT2D eigenvalue weighted by Gasteiger charge is -2.13. The summed E-state index contributed by atoms with van der Waals surface area (Å²) in [5.74, 6) is 7.01. The molecule has 1 atom stereocenters. The molecule has 0 saturated heterocycles. The summed E-state index contributed by atoms with van der Waals surface area (Å²) in [5, 5.41) is 4.01. The second-order valence-corrected chi connectivity index (χ2v) is 3.84. The lowest BCUT2D eigenvalue weighted by Crippen LogP contribution is -2.31. The molecule has 0 spiro atoms. The van der Waals surface area contributed by atoms with Gasteiger partial charge in [0.25, 0.3) is 0 Å². The molecule has 0 aromatic carbocycles. The highest BCUT2D eigenvalue weighted by Crippen LogP contribution is 2.11. The molecule has 1 unspecified atom stereocenters. The van der Waals surface area contributed by atoms with Crippen LogP contribution in [0, 0.1) is 6.92 Å². The Bertz CT molecular complexity index is 476. The van der Waals surface area contributed by atoms with Crippen molar-refractivity contribution in [1.29, 1.82) is 0 Å². The number of aryl methyl sites for hydroxylation is 2. The fraction of sp³-hybridized carbons (Fsp3) is 0.400. The van der Waals surface area contributed by atoms with Crippen LogP contribution in [-0.4, -0.2) is 24.7 Å². The summed E-state index contributed by atoms with van der Waals surface area (Å²) in [6.45, 7) is 1.94. The monoisotopic (exact) mass is 233 g/mol. The van der Waals surface area contributed by atoms with E-state index in [4.69, 9.17) is 5.84 Å². The van der Waals surface area contributed by atoms with E-state index in [-0.39, 0.29) is 6.04 Å². The van der Waals surface area contributed by atoms with E-state index in [0.717, 1.165) is 11.4 Å². The van der Waals surface area contributed by atoms with Gasteiger partial charge in [-0.3, -0.25) is 10.5 Å². The number of hydrogen-bond donors (Lipinski definition) is 2. The van der Waals surface area contributed by atoms with Crippen molar-refractivity contribution >= 4 is 0 Å². The van der Waals surface area contributed by atoms with Crippen LogP contribution in [-0.2, 0) is 13.5 Å². The highest BCUT2D eigenvalue weighted by Gasteiger charge is 2.16. The number of nitrogens with zero attached hydrogens (tertiary/aromatic N) is 5. The molecule has 7 nitrogen and oxygen atoms in total. The van der Waals surface area contributed by atoms with Gasteiger partial charge in [-0.25, -0.2) is 20.4 Å². The first kappa shape index (κ1) is 11.6. The van der Waals surface area contributed by atoms with Crippen molar-refractivity contribution in [2.75, 3.05) is 0 Å². The van der Waals surface area contributed by atoms with E-state index in [1.165, 1.54) is 6.33 Å². The fourth-order valence-electron chi connectivity index (χ4n) is 1.49. The van der Waals surface area contributed by atoms with Crippen molar-refractivity contribution in [3.63, 3.8) is 0 Å². The van der Waals surface area contributed by atoms with Crippen LogP contribution in [0.1, 0.15) is 23.3 Å². The third-order valence-electron chi connectivity index (χ3n) is 2.51. The summed E-state index contributed by atoms with van der Waals surface area (Å²) in [4.78, 5) is 12.6. The van der Waals surface area contributed by atoms with Crippen LogP contribution >= 0.6 is 0 Å². The van der Waals surface area contributed by atoms with Crippen LogP contribution in [0.5, 0.6) is 0 Å². The molecule has 0 aliphatic rings. The van der Waals surface area contributed by atoms with E-state index >= 15 is 0 Å². The first-order chi connectivity index (χ1) is 8.20. The second-order valence-electron chi connectivity index (χ2n) is 3.84. The highest BCUT2D eigenvalue weighted by atomic mass is 15.3. The van der Waals surface area contributed by atoms with Gasteiger partial charge < -0.3 is 0 Å². The van der Waals surface area contributed by atoms with Crippen LogP contribution in [0.3, 0.4) is 0 Å². The maximum absolute atomic E-state index is 5.52. The summed E-state index contributed by atoms with van der Waals surface area (Å²) in [5.41, 5.74) is 3.71. The zero-order chi connectivity index (χ0) is 12.3. The predicted octanol–water partition coefficient (Wildman–Crippen LogP) is -0.339. The van der Waals surface area contributed by atoms with E-state index in [9.17, 15) is 0 Å². The van der Waals surface area contributed by atoms with Crippen LogP contribution in [0.2, 0.25) is 0 Å². The Kier molecular flexibility index (Phi) is 3.40. The number of nitrogens with one attached hydrogen (secondary N) is 1. The smallest absolute Gasteiger partial charge is 0.146 e. The molecule has 0 aliphatic heterocycles. The van der Waals surface area contributed by atoms with Crippen molar-refractivity contribution in [2.45, 2.75) is 19.4 Å². The molecular formula is C10H15N7. The lowest BCUT2D eigenvalue weighted by atomic mass is 10.2. The van der Waals surface area contributed by atoms with Crippen molar-refractivity contribution < 1.29 is 0 Å². The Balaban J connectivity index is 2.17. The minimum Gasteiger partial charge on any atom is -0.271 e. The second kappa shape index (κ2) is 4.98. The SMILES string of the molecule is Cc1cnc(C(Cc2ncnn2C)NN)nc1. The summed E-state index contributed by atoms with van der Waals surface area (Å²) in [7, 11) is 1.84. The predicted molar refractivity (Wildman–Crippen MR) is 61.5 cm³/mol. The maximum Gasteiger partial charge on any atom is 0.146 e. The van der Waals surface area contributed by atoms with E-state index in [1.54, 1.807) is 17.1 Å². The molecule has 2 rings (SSSR count). The Morgan fingerprint density at radius 2 is 2.06 bits per heavy atom. The number of aromatic nitrogens is 5. The van der Waals surface area contributed by atoms with Crippen LogP contribution < -0.4 is 11.3 Å². The lowest BCUT2D eigenvalue weighted by molar-refractivity contribution is 0.498. The standard InChI is InChI=1S/C10H15N7/c1-7-4-12-10(13-5-7)8(16-11)3-9-14-6-15-17(9)2/h4-6,8,16H,3,11H2,1-2H3. The van der Waals surface area contributed by atoms with Gasteiger partial charge >= 0.3 is 0 Å². The molecule has 0 fully saturated rings. The minimum atomic E-state index is -0.168. The molecule has 0 saturated carbocycles. The minimum absolute atomic E-state index is 0.168. The zero-order valence-corrected chi connectivity index (χ0v) is 9.83. The largest absolute Gasteiger partial charge is 0.271 e. The van der Waals surface area contributed by atoms with Crippen LogP contribution in [0.15, 0.2) is 18.7 Å². The summed E-state index contributed by atoms with van der Waals surface area (Å²) in [6, 6.07) is -0.168. The average Bonchev–Trinajstić information content (AvgIpc) is 2.73. The molecule has 2 heterocycles. The number of hydrazine groups is 1. The highest BCUT2D eigenvalue weighted by molar-refractivity contribution is 5.06. The van der Waals surface area contributed by atoms with E-state index in [2.05, 4.69) is 25.5 Å². The van der Waals surface area contributed by atoms with Gasteiger partial charge in [0.1, 0.15) is 18.0 Å². The average molecular weight is 233 g/mol. The molecule has 17 heavy (non-hydrogen) atoms. The number of hydrogen-bond acceptors (Lipinski definition) is 6. The molecule has 0 amide bonds. The van der Waals surface area contributed by atoms with Crippen LogP contribution in [0.4, 0.5) is 0 Å². The van der Waals surface area contributed by atoms with Crippen molar-refractivity contribution in [3.8, 4) is 0 Å². The molecule has 2 aromatic heterocycles. The molecule has 90 valence electrons. The van der Waals surface area contributed by atoms with Gasteiger partial charge in [-0.05, 0) is 12.5 Å². The van der Waals surface area contributed by atoms with E-state index in [0.29, 0.717) is 12.2 Å². The Morgan fingerprint density at radius 3 is 2.59 bits per heavy atom. The van der Waals surface area contributed by atoms with E-state index in [1.807, 2.05) is 14.0 Å². The van der Waals surface area contributed by atoms with Crippen molar-refractivity contribution in [2.24, 2.45) is 12.9 Å². The summed E-state index contributed by atoms with van der Waals surface area (Å²) in [6.07, 6.45) is 5.64. The third kappa shape index (κ3) is 2.63. The molecule has 0 radical (unpaired) electrons. The fourth-order valence-corrected chi connectivity index (χ4v) is 1.49. The quantitative estimate of drug-likeness (QED) is 0.554. The molecule has 3 N–H and O–H groups in total. The maximum atomic E-state index is 5.52. The number of nitrogens with two attached hydrogens (primary N) is 1. The Morgan fingerprint density at radius 1 is 1.35 bits per heavy atom. The molecule has 0 bridgehead atoms. The van der Waals surface area contributed by atoms with Gasteiger partial charge in [0.15, 0.2) is 0 Å². The van der Waals surface area contributed by atoms with Gasteiger partial charge in [-0.15, -0.1) is 0 Å². The molecular weight excluding hydrogens is 218 g/mol. The van der Waals surface area contributed by atoms with Gasteiger partial charge in [0.2, 0.25) is 0 Å². The van der Waals surface area contributed by atoms with E-state index < -0.39 is 0 Å². The third-order valence-corrected chi connectivity index (χ3v) is 2.51. The van der Waals surface area contributed by atoms with Crippen molar-refractivity contribution in [1.82, 2.24) is 30.2 Å². The van der Waals surface area contributed by atoms with Gasteiger partial charge in [0, 0.05) is 25.9 Å².